The topological polar surface area (TPSA) is 58.6 Å². The van der Waals surface area contributed by atoms with Crippen LogP contribution in [0.15, 0.2) is 6.20 Å². The van der Waals surface area contributed by atoms with Crippen LogP contribution in [0.4, 0.5) is 0 Å². The fourth-order valence-electron chi connectivity index (χ4n) is 2.49. The lowest BCUT2D eigenvalue weighted by molar-refractivity contribution is -0.0330. The highest BCUT2D eigenvalue weighted by molar-refractivity contribution is 7.07. The van der Waals surface area contributed by atoms with E-state index < -0.39 is 0 Å². The van der Waals surface area contributed by atoms with Gasteiger partial charge < -0.3 is 14.5 Å². The molecule has 1 aromatic heterocycles. The number of carbonyl (C=O) groups excluding carboxylic acids is 1. The Kier molecular flexibility index (Phi) is 4.28. The largest absolute Gasteiger partial charge is 0.374 e. The Balaban J connectivity index is 1.64. The summed E-state index contributed by atoms with van der Waals surface area (Å²) in [4.78, 5) is 17.3. The Morgan fingerprint density at radius 3 is 3.05 bits per heavy atom. The zero-order valence-corrected chi connectivity index (χ0v) is 12.5. The summed E-state index contributed by atoms with van der Waals surface area (Å²) in [5.74, 6) is 0.713. The maximum absolute atomic E-state index is 12.5. The molecule has 2 aliphatic rings. The molecule has 1 aliphatic heterocycles. The summed E-state index contributed by atoms with van der Waals surface area (Å²) >= 11 is 1.17. The molecule has 1 atom stereocenters. The monoisotopic (exact) mass is 296 g/mol. The zero-order chi connectivity index (χ0) is 13.9. The van der Waals surface area contributed by atoms with E-state index in [9.17, 15) is 4.79 Å². The second-order valence-corrected chi connectivity index (χ2v) is 6.48. The van der Waals surface area contributed by atoms with Gasteiger partial charge in [-0.1, -0.05) is 4.49 Å². The molecule has 1 saturated heterocycles. The molecule has 0 radical (unpaired) electrons. The third-order valence-corrected chi connectivity index (χ3v) is 4.45. The Labute approximate surface area is 122 Å². The van der Waals surface area contributed by atoms with Crippen LogP contribution in [0.5, 0.6) is 0 Å². The van der Waals surface area contributed by atoms with E-state index in [4.69, 9.17) is 4.74 Å². The summed E-state index contributed by atoms with van der Waals surface area (Å²) in [5, 5.41) is 3.76. The second kappa shape index (κ2) is 6.15. The molecule has 110 valence electrons. The molecular formula is C13H20N4O2S. The molecule has 6 nitrogen and oxygen atoms in total. The van der Waals surface area contributed by atoms with Gasteiger partial charge in [0.25, 0.3) is 5.91 Å². The molecule has 0 unspecified atom stereocenters. The van der Waals surface area contributed by atoms with Crippen LogP contribution in [-0.4, -0.2) is 71.2 Å². The number of morpholine rings is 1. The SMILES string of the molecule is CN1CCO[C@H](CN(CC2CC2)C(=O)c2cnns2)C1. The Morgan fingerprint density at radius 1 is 1.55 bits per heavy atom. The molecule has 2 heterocycles. The first-order chi connectivity index (χ1) is 9.72. The maximum atomic E-state index is 12.5. The normalized spacial score (nSPS) is 23.8. The van der Waals surface area contributed by atoms with Gasteiger partial charge in [0.2, 0.25) is 0 Å². The van der Waals surface area contributed by atoms with E-state index in [1.165, 1.54) is 24.4 Å². The Morgan fingerprint density at radius 2 is 2.40 bits per heavy atom. The van der Waals surface area contributed by atoms with Crippen molar-refractivity contribution in [1.82, 2.24) is 19.4 Å². The number of rotatable bonds is 5. The van der Waals surface area contributed by atoms with Crippen molar-refractivity contribution in [2.45, 2.75) is 18.9 Å². The van der Waals surface area contributed by atoms with Gasteiger partial charge in [-0.3, -0.25) is 4.79 Å². The van der Waals surface area contributed by atoms with Crippen molar-refractivity contribution >= 4 is 17.4 Å². The van der Waals surface area contributed by atoms with Crippen LogP contribution < -0.4 is 0 Å². The Hall–Kier alpha value is -1.05. The van der Waals surface area contributed by atoms with Crippen molar-refractivity contribution in [1.29, 1.82) is 0 Å². The first kappa shape index (κ1) is 13.9. The van der Waals surface area contributed by atoms with Gasteiger partial charge in [0.05, 0.1) is 18.9 Å². The fourth-order valence-corrected chi connectivity index (χ4v) is 2.98. The van der Waals surface area contributed by atoms with Gasteiger partial charge in [-0.05, 0) is 37.3 Å². The van der Waals surface area contributed by atoms with Gasteiger partial charge in [-0.2, -0.15) is 0 Å². The first-order valence-corrected chi connectivity index (χ1v) is 7.86. The van der Waals surface area contributed by atoms with Crippen molar-refractivity contribution < 1.29 is 9.53 Å². The molecule has 2 fully saturated rings. The zero-order valence-electron chi connectivity index (χ0n) is 11.7. The lowest BCUT2D eigenvalue weighted by Gasteiger charge is -2.33. The van der Waals surface area contributed by atoms with Gasteiger partial charge >= 0.3 is 0 Å². The highest BCUT2D eigenvalue weighted by Gasteiger charge is 2.30. The molecule has 20 heavy (non-hydrogen) atoms. The molecular weight excluding hydrogens is 276 g/mol. The van der Waals surface area contributed by atoms with Crippen molar-refractivity contribution in [3.05, 3.63) is 11.1 Å². The minimum Gasteiger partial charge on any atom is -0.374 e. The summed E-state index contributed by atoms with van der Waals surface area (Å²) in [7, 11) is 2.09. The molecule has 0 N–H and O–H groups in total. The summed E-state index contributed by atoms with van der Waals surface area (Å²) in [5.41, 5.74) is 0. The smallest absolute Gasteiger partial charge is 0.267 e. The van der Waals surface area contributed by atoms with Crippen LogP contribution >= 0.6 is 11.5 Å². The van der Waals surface area contributed by atoms with E-state index in [2.05, 4.69) is 21.5 Å². The number of hydrogen-bond acceptors (Lipinski definition) is 6. The summed E-state index contributed by atoms with van der Waals surface area (Å²) < 4.78 is 9.57. The number of amides is 1. The third-order valence-electron chi connectivity index (χ3n) is 3.80. The molecule has 7 heteroatoms. The lowest BCUT2D eigenvalue weighted by atomic mass is 10.2. The van der Waals surface area contributed by atoms with Gasteiger partial charge in [-0.15, -0.1) is 5.10 Å². The number of hydrogen-bond donors (Lipinski definition) is 0. The minimum atomic E-state index is 0.0451. The average Bonchev–Trinajstić information content (AvgIpc) is 3.08. The summed E-state index contributed by atoms with van der Waals surface area (Å²) in [6, 6.07) is 0. The van der Waals surface area contributed by atoms with Crippen LogP contribution in [0.1, 0.15) is 22.5 Å². The van der Waals surface area contributed by atoms with Gasteiger partial charge in [0, 0.05) is 26.2 Å². The van der Waals surface area contributed by atoms with Crippen molar-refractivity contribution in [3.63, 3.8) is 0 Å². The molecule has 1 aliphatic carbocycles. The summed E-state index contributed by atoms with van der Waals surface area (Å²) in [6.07, 6.45) is 4.13. The van der Waals surface area contributed by atoms with E-state index >= 15 is 0 Å². The molecule has 3 rings (SSSR count). The van der Waals surface area contributed by atoms with Crippen LogP contribution in [-0.2, 0) is 4.74 Å². The van der Waals surface area contributed by atoms with Gasteiger partial charge in [-0.25, -0.2) is 0 Å². The van der Waals surface area contributed by atoms with Crippen LogP contribution in [0.3, 0.4) is 0 Å². The second-order valence-electron chi connectivity index (χ2n) is 5.69. The highest BCUT2D eigenvalue weighted by Crippen LogP contribution is 2.30. The van der Waals surface area contributed by atoms with Crippen LogP contribution in [0.25, 0.3) is 0 Å². The van der Waals surface area contributed by atoms with Crippen molar-refractivity contribution in [3.8, 4) is 0 Å². The van der Waals surface area contributed by atoms with Crippen molar-refractivity contribution in [2.75, 3.05) is 39.8 Å². The van der Waals surface area contributed by atoms with Crippen LogP contribution in [0.2, 0.25) is 0 Å². The van der Waals surface area contributed by atoms with Gasteiger partial charge in [0.15, 0.2) is 0 Å². The third kappa shape index (κ3) is 3.53. The quantitative estimate of drug-likeness (QED) is 0.801. The lowest BCUT2D eigenvalue weighted by Crippen LogP contribution is -2.47. The highest BCUT2D eigenvalue weighted by atomic mass is 32.1. The minimum absolute atomic E-state index is 0.0451. The Bertz CT molecular complexity index is 449. The average molecular weight is 296 g/mol. The number of aromatic nitrogens is 2. The maximum Gasteiger partial charge on any atom is 0.267 e. The molecule has 0 bridgehead atoms. The van der Waals surface area contributed by atoms with E-state index in [0.29, 0.717) is 17.3 Å². The predicted molar refractivity (Wildman–Crippen MR) is 75.8 cm³/mol. The number of ether oxygens (including phenoxy) is 1. The molecule has 1 aromatic rings. The number of likely N-dealkylation sites (N-methyl/N-ethyl adjacent to an activating group) is 1. The molecule has 1 saturated carbocycles. The summed E-state index contributed by atoms with van der Waals surface area (Å²) in [6.45, 7) is 4.09. The van der Waals surface area contributed by atoms with E-state index in [-0.39, 0.29) is 12.0 Å². The van der Waals surface area contributed by atoms with E-state index in [0.717, 1.165) is 26.2 Å². The predicted octanol–water partition coefficient (Wildman–Crippen LogP) is 0.721. The molecule has 0 spiro atoms. The van der Waals surface area contributed by atoms with E-state index in [1.54, 1.807) is 6.20 Å². The van der Waals surface area contributed by atoms with Gasteiger partial charge in [0.1, 0.15) is 4.88 Å². The fraction of sp³-hybridized carbons (Fsp3) is 0.769. The number of nitrogens with zero attached hydrogens (tertiary/aromatic N) is 4. The van der Waals surface area contributed by atoms with E-state index in [1.807, 2.05) is 4.90 Å². The molecule has 0 aromatic carbocycles. The van der Waals surface area contributed by atoms with Crippen molar-refractivity contribution in [2.24, 2.45) is 5.92 Å². The molecule has 1 amide bonds. The standard InChI is InChI=1S/C13H20N4O2S/c1-16-4-5-19-11(8-16)9-17(7-10-2-3-10)13(18)12-6-14-15-20-12/h6,10-11H,2-5,7-9H2,1H3/t11-/m0/s1. The first-order valence-electron chi connectivity index (χ1n) is 7.09. The van der Waals surface area contributed by atoms with Crippen LogP contribution in [0, 0.1) is 5.92 Å². The number of carbonyl (C=O) groups is 1.